The van der Waals surface area contributed by atoms with Crippen molar-refractivity contribution in [3.63, 3.8) is 0 Å². The first-order chi connectivity index (χ1) is 11.0. The second kappa shape index (κ2) is 7.41. The molecule has 0 atom stereocenters. The van der Waals surface area contributed by atoms with Gasteiger partial charge in [0.1, 0.15) is 12.1 Å². The van der Waals surface area contributed by atoms with Crippen molar-refractivity contribution in [3.8, 4) is 0 Å². The molecule has 120 valence electrons. The summed E-state index contributed by atoms with van der Waals surface area (Å²) in [6.07, 6.45) is 1.08. The number of nitrogens with one attached hydrogen (secondary N) is 3. The Labute approximate surface area is 135 Å². The van der Waals surface area contributed by atoms with E-state index >= 15 is 0 Å². The summed E-state index contributed by atoms with van der Waals surface area (Å²) in [5, 5.41) is 14.1. The highest BCUT2D eigenvalue weighted by Gasteiger charge is 2.12. The van der Waals surface area contributed by atoms with Crippen LogP contribution in [-0.4, -0.2) is 33.5 Å². The number of rotatable bonds is 6. The number of aromatic amines is 1. The van der Waals surface area contributed by atoms with Crippen LogP contribution in [0.15, 0.2) is 35.3 Å². The van der Waals surface area contributed by atoms with Gasteiger partial charge in [0.05, 0.1) is 0 Å². The van der Waals surface area contributed by atoms with Crippen LogP contribution in [0.4, 0.5) is 5.95 Å². The number of H-pyrrole nitrogens is 1. The highest BCUT2D eigenvalue weighted by atomic mass is 35.5. The molecule has 1 amide bonds. The number of carboxylic acid groups (broad SMARTS) is 1. The van der Waals surface area contributed by atoms with Crippen molar-refractivity contribution in [3.05, 3.63) is 57.0 Å². The third kappa shape index (κ3) is 4.82. The lowest BCUT2D eigenvalue weighted by Gasteiger charge is -2.06. The third-order valence-corrected chi connectivity index (χ3v) is 3.07. The van der Waals surface area contributed by atoms with Gasteiger partial charge < -0.3 is 15.7 Å². The van der Waals surface area contributed by atoms with E-state index in [0.29, 0.717) is 11.6 Å². The van der Waals surface area contributed by atoms with Gasteiger partial charge in [-0.25, -0.2) is 4.98 Å². The number of benzene rings is 1. The number of amides is 1. The molecule has 2 aromatic rings. The van der Waals surface area contributed by atoms with E-state index in [2.05, 4.69) is 20.6 Å². The molecule has 23 heavy (non-hydrogen) atoms. The van der Waals surface area contributed by atoms with Crippen molar-refractivity contribution in [2.24, 2.45) is 0 Å². The van der Waals surface area contributed by atoms with Gasteiger partial charge >= 0.3 is 5.97 Å². The van der Waals surface area contributed by atoms with Gasteiger partial charge in [0, 0.05) is 17.8 Å². The van der Waals surface area contributed by atoms with Crippen molar-refractivity contribution in [1.29, 1.82) is 0 Å². The van der Waals surface area contributed by atoms with Crippen molar-refractivity contribution in [1.82, 2.24) is 15.3 Å². The molecule has 8 nitrogen and oxygen atoms in total. The Morgan fingerprint density at radius 1 is 1.26 bits per heavy atom. The van der Waals surface area contributed by atoms with Crippen molar-refractivity contribution < 1.29 is 14.7 Å². The van der Waals surface area contributed by atoms with E-state index in [1.165, 1.54) is 0 Å². The van der Waals surface area contributed by atoms with Gasteiger partial charge in [-0.05, 0) is 17.7 Å². The number of carbonyl (C=O) groups excluding carboxylic acids is 1. The maximum Gasteiger partial charge on any atom is 0.322 e. The predicted molar refractivity (Wildman–Crippen MR) is 83.6 cm³/mol. The molecule has 0 aliphatic carbocycles. The Hall–Kier alpha value is -2.87. The molecule has 0 saturated carbocycles. The van der Waals surface area contributed by atoms with Crippen LogP contribution in [0.2, 0.25) is 5.02 Å². The standard InChI is InChI=1S/C14H13ClN4O4/c15-9-3-1-8(2-4-9)5-17-14-18-6-10(13(23)19-14)12(22)16-7-11(20)21/h1-4,6H,5,7H2,(H,16,22)(H,20,21)(H2,17,18,19,23). The fourth-order valence-electron chi connectivity index (χ4n) is 1.69. The van der Waals surface area contributed by atoms with Crippen LogP contribution in [0.5, 0.6) is 0 Å². The van der Waals surface area contributed by atoms with E-state index in [1.807, 2.05) is 12.1 Å². The summed E-state index contributed by atoms with van der Waals surface area (Å²) in [5.41, 5.74) is 0.00474. The highest BCUT2D eigenvalue weighted by molar-refractivity contribution is 6.30. The predicted octanol–water partition coefficient (Wildman–Crippen LogP) is 0.850. The molecule has 1 aromatic heterocycles. The van der Waals surface area contributed by atoms with Gasteiger partial charge in [-0.3, -0.25) is 19.4 Å². The van der Waals surface area contributed by atoms with E-state index in [0.717, 1.165) is 11.8 Å². The average Bonchev–Trinajstić information content (AvgIpc) is 2.52. The van der Waals surface area contributed by atoms with Gasteiger partial charge in [-0.2, -0.15) is 0 Å². The SMILES string of the molecule is O=C(O)CNC(=O)c1cnc(NCc2ccc(Cl)cc2)[nH]c1=O. The Balaban J connectivity index is 2.01. The van der Waals surface area contributed by atoms with Gasteiger partial charge in [-0.15, -0.1) is 0 Å². The lowest BCUT2D eigenvalue weighted by atomic mass is 10.2. The summed E-state index contributed by atoms with van der Waals surface area (Å²) in [7, 11) is 0. The number of hydrogen-bond acceptors (Lipinski definition) is 5. The number of carboxylic acids is 1. The fourth-order valence-corrected chi connectivity index (χ4v) is 1.81. The lowest BCUT2D eigenvalue weighted by Crippen LogP contribution is -2.33. The zero-order chi connectivity index (χ0) is 16.8. The Bertz CT molecular complexity index is 773. The molecule has 0 radical (unpaired) electrons. The van der Waals surface area contributed by atoms with Gasteiger partial charge in [0.2, 0.25) is 5.95 Å². The fraction of sp³-hybridized carbons (Fsp3) is 0.143. The summed E-state index contributed by atoms with van der Waals surface area (Å²) in [4.78, 5) is 40.2. The molecule has 0 aliphatic heterocycles. The number of nitrogens with zero attached hydrogens (tertiary/aromatic N) is 1. The second-order valence-corrected chi connectivity index (χ2v) is 4.97. The molecule has 0 bridgehead atoms. The van der Waals surface area contributed by atoms with E-state index in [1.54, 1.807) is 12.1 Å². The normalized spacial score (nSPS) is 10.1. The van der Waals surface area contributed by atoms with E-state index in [9.17, 15) is 14.4 Å². The summed E-state index contributed by atoms with van der Waals surface area (Å²) < 4.78 is 0. The second-order valence-electron chi connectivity index (χ2n) is 4.53. The molecular weight excluding hydrogens is 324 g/mol. The Kier molecular flexibility index (Phi) is 5.32. The van der Waals surface area contributed by atoms with Gasteiger partial charge in [-0.1, -0.05) is 23.7 Å². The minimum absolute atomic E-state index is 0.194. The first kappa shape index (κ1) is 16.5. The summed E-state index contributed by atoms with van der Waals surface area (Å²) in [6.45, 7) is -0.167. The molecule has 4 N–H and O–H groups in total. The number of halogens is 1. The lowest BCUT2D eigenvalue weighted by molar-refractivity contribution is -0.135. The summed E-state index contributed by atoms with van der Waals surface area (Å²) in [5.74, 6) is -1.81. The van der Waals surface area contributed by atoms with Gasteiger partial charge in [0.25, 0.3) is 11.5 Å². The molecule has 1 heterocycles. The smallest absolute Gasteiger partial charge is 0.322 e. The minimum atomic E-state index is -1.20. The summed E-state index contributed by atoms with van der Waals surface area (Å²) in [6, 6.07) is 7.12. The molecule has 2 rings (SSSR count). The van der Waals surface area contributed by atoms with Crippen LogP contribution in [0.3, 0.4) is 0 Å². The number of aromatic nitrogens is 2. The van der Waals surface area contributed by atoms with Crippen LogP contribution >= 0.6 is 11.6 Å². The maximum absolute atomic E-state index is 11.8. The molecule has 0 aliphatic rings. The van der Waals surface area contributed by atoms with Crippen molar-refractivity contribution >= 4 is 29.4 Å². The average molecular weight is 337 g/mol. The monoisotopic (exact) mass is 336 g/mol. The maximum atomic E-state index is 11.8. The number of carbonyl (C=O) groups is 2. The molecule has 0 saturated heterocycles. The van der Waals surface area contributed by atoms with Crippen molar-refractivity contribution in [2.45, 2.75) is 6.54 Å². The molecular formula is C14H13ClN4O4. The van der Waals surface area contributed by atoms with Gasteiger partial charge in [0.15, 0.2) is 0 Å². The zero-order valence-corrected chi connectivity index (χ0v) is 12.6. The first-order valence-corrected chi connectivity index (χ1v) is 6.91. The highest BCUT2D eigenvalue weighted by Crippen LogP contribution is 2.10. The number of anilines is 1. The van der Waals surface area contributed by atoms with Crippen LogP contribution in [-0.2, 0) is 11.3 Å². The quantitative estimate of drug-likeness (QED) is 0.620. The van der Waals surface area contributed by atoms with E-state index in [-0.39, 0.29) is 11.5 Å². The van der Waals surface area contributed by atoms with Crippen LogP contribution in [0, 0.1) is 0 Å². The van der Waals surface area contributed by atoms with Crippen molar-refractivity contribution in [2.75, 3.05) is 11.9 Å². The van der Waals surface area contributed by atoms with Crippen LogP contribution < -0.4 is 16.2 Å². The van der Waals surface area contributed by atoms with E-state index in [4.69, 9.17) is 16.7 Å². The molecule has 0 fully saturated rings. The Morgan fingerprint density at radius 2 is 1.96 bits per heavy atom. The van der Waals surface area contributed by atoms with Crippen LogP contribution in [0.25, 0.3) is 0 Å². The molecule has 1 aromatic carbocycles. The third-order valence-electron chi connectivity index (χ3n) is 2.82. The molecule has 9 heteroatoms. The Morgan fingerprint density at radius 3 is 2.57 bits per heavy atom. The van der Waals surface area contributed by atoms with E-state index < -0.39 is 24.0 Å². The zero-order valence-electron chi connectivity index (χ0n) is 11.8. The topological polar surface area (TPSA) is 124 Å². The first-order valence-electron chi connectivity index (χ1n) is 6.53. The van der Waals surface area contributed by atoms with Crippen LogP contribution in [0.1, 0.15) is 15.9 Å². The molecule has 0 unspecified atom stereocenters. The molecule has 0 spiro atoms. The largest absolute Gasteiger partial charge is 0.480 e. The number of aliphatic carboxylic acids is 1. The minimum Gasteiger partial charge on any atom is -0.480 e. The summed E-state index contributed by atoms with van der Waals surface area (Å²) >= 11 is 5.79. The number of hydrogen-bond donors (Lipinski definition) is 4.